The lowest BCUT2D eigenvalue weighted by molar-refractivity contribution is 0.154. The molecule has 45 heavy (non-hydrogen) atoms. The summed E-state index contributed by atoms with van der Waals surface area (Å²) in [5.41, 5.74) is 1.03. The van der Waals surface area contributed by atoms with Gasteiger partial charge in [-0.25, -0.2) is 8.78 Å². The number of ether oxygens (including phenoxy) is 2. The SMILES string of the molecule is CCCC1CCC(c2ccc(OCCCCC3CCC(C4CCC(c5ccc(OCC)c(F)c5F)CC4)CC3)c(F)c2F)CC1. The predicted octanol–water partition coefficient (Wildman–Crippen LogP) is 12.0. The molecule has 0 unspecified atom stereocenters. The Bertz CT molecular complexity index is 1210. The van der Waals surface area contributed by atoms with Gasteiger partial charge in [-0.3, -0.25) is 0 Å². The van der Waals surface area contributed by atoms with E-state index in [-0.39, 0.29) is 23.3 Å². The molecule has 3 aliphatic rings. The highest BCUT2D eigenvalue weighted by molar-refractivity contribution is 5.34. The minimum atomic E-state index is -0.855. The lowest BCUT2D eigenvalue weighted by Crippen LogP contribution is -2.25. The summed E-state index contributed by atoms with van der Waals surface area (Å²) in [4.78, 5) is 0. The van der Waals surface area contributed by atoms with Gasteiger partial charge in [0.05, 0.1) is 13.2 Å². The maximum Gasteiger partial charge on any atom is 0.200 e. The molecule has 3 aliphatic carbocycles. The molecule has 3 fully saturated rings. The van der Waals surface area contributed by atoms with Gasteiger partial charge < -0.3 is 9.47 Å². The van der Waals surface area contributed by atoms with Gasteiger partial charge in [0.1, 0.15) is 0 Å². The van der Waals surface area contributed by atoms with Crippen LogP contribution in [0, 0.1) is 46.9 Å². The van der Waals surface area contributed by atoms with Crippen molar-refractivity contribution in [3.05, 3.63) is 58.7 Å². The Balaban J connectivity index is 0.976. The Morgan fingerprint density at radius 3 is 1.53 bits per heavy atom. The standard InChI is InChI=1S/C39H54F4O2/c1-3-7-26-11-15-30(16-12-26)32-22-24-35(39(43)37(32)41)45-25-6-5-8-27-9-13-28(14-10-27)29-17-19-31(20-18-29)33-21-23-34(44-4-2)38(42)36(33)40/h21-24,26-31H,3-20,25H2,1-2H3. The quantitative estimate of drug-likeness (QED) is 0.162. The van der Waals surface area contributed by atoms with Gasteiger partial charge in [0, 0.05) is 0 Å². The van der Waals surface area contributed by atoms with Crippen molar-refractivity contribution in [3.63, 3.8) is 0 Å². The monoisotopic (exact) mass is 630 g/mol. The Labute approximate surface area is 268 Å². The summed E-state index contributed by atoms with van der Waals surface area (Å²) in [6.45, 7) is 4.70. The van der Waals surface area contributed by atoms with Crippen LogP contribution in [0.5, 0.6) is 11.5 Å². The first-order valence-corrected chi connectivity index (χ1v) is 18.1. The van der Waals surface area contributed by atoms with Crippen molar-refractivity contribution in [2.24, 2.45) is 23.7 Å². The molecule has 0 aliphatic heterocycles. The van der Waals surface area contributed by atoms with E-state index in [1.165, 1.54) is 38.5 Å². The molecule has 0 spiro atoms. The van der Waals surface area contributed by atoms with Gasteiger partial charge in [-0.1, -0.05) is 51.2 Å². The van der Waals surface area contributed by atoms with Crippen molar-refractivity contribution in [3.8, 4) is 11.5 Å². The largest absolute Gasteiger partial charge is 0.491 e. The van der Waals surface area contributed by atoms with Crippen LogP contribution in [0.4, 0.5) is 17.6 Å². The van der Waals surface area contributed by atoms with Crippen molar-refractivity contribution in [2.75, 3.05) is 13.2 Å². The Morgan fingerprint density at radius 2 is 1.00 bits per heavy atom. The molecule has 2 aromatic rings. The summed E-state index contributed by atoms with van der Waals surface area (Å²) in [7, 11) is 0. The molecule has 0 bridgehead atoms. The van der Waals surface area contributed by atoms with Crippen molar-refractivity contribution in [2.45, 2.75) is 135 Å². The van der Waals surface area contributed by atoms with E-state index in [9.17, 15) is 17.6 Å². The molecule has 3 saturated carbocycles. The van der Waals surface area contributed by atoms with Gasteiger partial charge in [0.25, 0.3) is 0 Å². The van der Waals surface area contributed by atoms with Crippen molar-refractivity contribution in [1.29, 1.82) is 0 Å². The van der Waals surface area contributed by atoms with E-state index >= 15 is 0 Å². The maximum atomic E-state index is 15.0. The highest BCUT2D eigenvalue weighted by Crippen LogP contribution is 2.46. The third-order valence-corrected chi connectivity index (χ3v) is 11.5. The lowest BCUT2D eigenvalue weighted by atomic mass is 9.68. The summed E-state index contributed by atoms with van der Waals surface area (Å²) in [5.74, 6) is -0.00622. The van der Waals surface area contributed by atoms with Gasteiger partial charge in [-0.2, -0.15) is 8.78 Å². The summed E-state index contributed by atoms with van der Waals surface area (Å²) < 4.78 is 69.9. The molecule has 5 rings (SSSR count). The van der Waals surface area contributed by atoms with Crippen LogP contribution >= 0.6 is 0 Å². The average Bonchev–Trinajstić information content (AvgIpc) is 3.06. The molecule has 0 N–H and O–H groups in total. The third kappa shape index (κ3) is 8.57. The van der Waals surface area contributed by atoms with E-state index in [4.69, 9.17) is 9.47 Å². The van der Waals surface area contributed by atoms with Crippen LogP contribution in [0.25, 0.3) is 0 Å². The molecule has 0 saturated heterocycles. The van der Waals surface area contributed by atoms with Crippen LogP contribution in [-0.4, -0.2) is 13.2 Å². The molecule has 2 aromatic carbocycles. The van der Waals surface area contributed by atoms with Crippen LogP contribution in [0.2, 0.25) is 0 Å². The second kappa shape index (κ2) is 16.5. The molecule has 0 atom stereocenters. The van der Waals surface area contributed by atoms with Crippen LogP contribution in [0.3, 0.4) is 0 Å². The van der Waals surface area contributed by atoms with E-state index in [2.05, 4.69) is 6.92 Å². The van der Waals surface area contributed by atoms with Crippen LogP contribution < -0.4 is 9.47 Å². The van der Waals surface area contributed by atoms with Crippen LogP contribution in [0.15, 0.2) is 24.3 Å². The number of hydrogen-bond acceptors (Lipinski definition) is 2. The molecular weight excluding hydrogens is 576 g/mol. The predicted molar refractivity (Wildman–Crippen MR) is 173 cm³/mol. The summed E-state index contributed by atoms with van der Waals surface area (Å²) in [5, 5.41) is 0. The second-order valence-electron chi connectivity index (χ2n) is 14.2. The highest BCUT2D eigenvalue weighted by Gasteiger charge is 2.33. The van der Waals surface area contributed by atoms with E-state index in [1.807, 2.05) is 0 Å². The second-order valence-corrected chi connectivity index (χ2v) is 14.2. The summed E-state index contributed by atoms with van der Waals surface area (Å²) in [6.07, 6.45) is 18.6. The van der Waals surface area contributed by atoms with E-state index in [0.717, 1.165) is 88.4 Å². The van der Waals surface area contributed by atoms with E-state index < -0.39 is 23.3 Å². The van der Waals surface area contributed by atoms with Crippen LogP contribution in [-0.2, 0) is 0 Å². The molecule has 6 heteroatoms. The molecule has 0 radical (unpaired) electrons. The first kappa shape index (κ1) is 34.1. The normalized spacial score (nSPS) is 27.3. The molecule has 0 aromatic heterocycles. The van der Waals surface area contributed by atoms with Crippen LogP contribution in [0.1, 0.15) is 146 Å². The molecular formula is C39H54F4O2. The fraction of sp³-hybridized carbons (Fsp3) is 0.692. The molecule has 0 amide bonds. The number of benzene rings is 2. The maximum absolute atomic E-state index is 15.0. The summed E-state index contributed by atoms with van der Waals surface area (Å²) >= 11 is 0. The van der Waals surface area contributed by atoms with E-state index in [0.29, 0.717) is 30.3 Å². The zero-order valence-corrected chi connectivity index (χ0v) is 27.5. The minimum absolute atomic E-state index is 0.000647. The topological polar surface area (TPSA) is 18.5 Å². The number of unbranched alkanes of at least 4 members (excludes halogenated alkanes) is 1. The van der Waals surface area contributed by atoms with Gasteiger partial charge in [0.2, 0.25) is 11.6 Å². The van der Waals surface area contributed by atoms with Gasteiger partial charge in [-0.15, -0.1) is 0 Å². The minimum Gasteiger partial charge on any atom is -0.491 e. The Kier molecular flexibility index (Phi) is 12.5. The molecule has 0 heterocycles. The lowest BCUT2D eigenvalue weighted by Gasteiger charge is -2.38. The van der Waals surface area contributed by atoms with Gasteiger partial charge in [0.15, 0.2) is 23.1 Å². The third-order valence-electron chi connectivity index (χ3n) is 11.5. The van der Waals surface area contributed by atoms with Crippen molar-refractivity contribution < 1.29 is 27.0 Å². The van der Waals surface area contributed by atoms with E-state index in [1.54, 1.807) is 31.2 Å². The smallest absolute Gasteiger partial charge is 0.200 e. The zero-order chi connectivity index (χ0) is 31.8. The van der Waals surface area contributed by atoms with Gasteiger partial charge >= 0.3 is 0 Å². The number of hydrogen-bond donors (Lipinski definition) is 0. The van der Waals surface area contributed by atoms with Crippen molar-refractivity contribution in [1.82, 2.24) is 0 Å². The zero-order valence-electron chi connectivity index (χ0n) is 27.5. The fourth-order valence-corrected chi connectivity index (χ4v) is 8.84. The number of halogens is 4. The first-order chi connectivity index (χ1) is 21.9. The average molecular weight is 631 g/mol. The highest BCUT2D eigenvalue weighted by atomic mass is 19.2. The number of rotatable bonds is 13. The Morgan fingerprint density at radius 1 is 0.533 bits per heavy atom. The molecule has 250 valence electrons. The van der Waals surface area contributed by atoms with Crippen molar-refractivity contribution >= 4 is 0 Å². The fourth-order valence-electron chi connectivity index (χ4n) is 8.84. The molecule has 2 nitrogen and oxygen atoms in total. The Hall–Kier alpha value is -2.24. The summed E-state index contributed by atoms with van der Waals surface area (Å²) in [6, 6.07) is 6.68. The van der Waals surface area contributed by atoms with Gasteiger partial charge in [-0.05, 0) is 143 Å². The first-order valence-electron chi connectivity index (χ1n) is 18.1.